The van der Waals surface area contributed by atoms with Crippen LogP contribution in [0.4, 0.5) is 0 Å². The van der Waals surface area contributed by atoms with Crippen molar-refractivity contribution in [2.45, 2.75) is 43.8 Å². The molecule has 1 aliphatic heterocycles. The molecular formula is C11H17N3S. The second-order valence-corrected chi connectivity index (χ2v) is 5.54. The predicted octanol–water partition coefficient (Wildman–Crippen LogP) is 1.77. The minimum atomic E-state index is 0.305. The molecule has 4 heteroatoms. The molecule has 0 radical (unpaired) electrons. The summed E-state index contributed by atoms with van der Waals surface area (Å²) in [6.45, 7) is 1.22. The molecule has 3 nitrogen and oxygen atoms in total. The summed E-state index contributed by atoms with van der Waals surface area (Å²) >= 11 is 1.75. The minimum Gasteiger partial charge on any atom is -0.326 e. The van der Waals surface area contributed by atoms with Gasteiger partial charge < -0.3 is 5.73 Å². The second kappa shape index (κ2) is 3.85. The Morgan fingerprint density at radius 3 is 2.93 bits per heavy atom. The Kier molecular flexibility index (Phi) is 2.50. The average Bonchev–Trinajstić information content (AvgIpc) is 2.95. The zero-order chi connectivity index (χ0) is 10.3. The highest BCUT2D eigenvalue weighted by Gasteiger charge is 2.39. The zero-order valence-electron chi connectivity index (χ0n) is 8.80. The number of nitrogens with two attached hydrogens (primary N) is 1. The first-order chi connectivity index (χ1) is 7.36. The molecular weight excluding hydrogens is 206 g/mol. The van der Waals surface area contributed by atoms with E-state index < -0.39 is 0 Å². The van der Waals surface area contributed by atoms with Crippen molar-refractivity contribution in [2.24, 2.45) is 5.73 Å². The number of hydrogen-bond donors (Lipinski definition) is 1. The van der Waals surface area contributed by atoms with E-state index in [-0.39, 0.29) is 0 Å². The van der Waals surface area contributed by atoms with Gasteiger partial charge in [0.15, 0.2) is 0 Å². The van der Waals surface area contributed by atoms with Gasteiger partial charge in [-0.1, -0.05) is 0 Å². The molecule has 1 saturated heterocycles. The third kappa shape index (κ3) is 1.82. The Morgan fingerprint density at radius 2 is 2.27 bits per heavy atom. The molecule has 1 aliphatic carbocycles. The maximum atomic E-state index is 6.26. The summed E-state index contributed by atoms with van der Waals surface area (Å²) in [6, 6.07) is 1.56. The standard InChI is InChI=1S/C11H17N3S/c12-9-2-1-5-14(8-3-4-8)11(9)10-6-13-7-15-10/h6-9,11H,1-5,12H2. The van der Waals surface area contributed by atoms with Crippen molar-refractivity contribution in [3.05, 3.63) is 16.6 Å². The monoisotopic (exact) mass is 223 g/mol. The Morgan fingerprint density at radius 1 is 1.40 bits per heavy atom. The van der Waals surface area contributed by atoms with E-state index in [4.69, 9.17) is 5.73 Å². The van der Waals surface area contributed by atoms with Gasteiger partial charge >= 0.3 is 0 Å². The van der Waals surface area contributed by atoms with Crippen LogP contribution in [0.25, 0.3) is 0 Å². The Bertz CT molecular complexity index is 321. The molecule has 1 aromatic rings. The van der Waals surface area contributed by atoms with E-state index in [1.165, 1.54) is 30.7 Å². The summed E-state index contributed by atoms with van der Waals surface area (Å²) in [6.07, 6.45) is 7.14. The maximum Gasteiger partial charge on any atom is 0.0794 e. The smallest absolute Gasteiger partial charge is 0.0794 e. The number of hydrogen-bond acceptors (Lipinski definition) is 4. The molecule has 0 spiro atoms. The van der Waals surface area contributed by atoms with Gasteiger partial charge in [-0.3, -0.25) is 9.88 Å². The van der Waals surface area contributed by atoms with E-state index in [9.17, 15) is 0 Å². The number of thiazole rings is 1. The highest BCUT2D eigenvalue weighted by atomic mass is 32.1. The lowest BCUT2D eigenvalue weighted by Gasteiger charge is -2.39. The number of nitrogens with zero attached hydrogens (tertiary/aromatic N) is 2. The van der Waals surface area contributed by atoms with Gasteiger partial charge in [-0.25, -0.2) is 0 Å². The van der Waals surface area contributed by atoms with Gasteiger partial charge in [0.05, 0.1) is 11.6 Å². The van der Waals surface area contributed by atoms with Crippen LogP contribution in [-0.2, 0) is 0 Å². The molecule has 0 bridgehead atoms. The molecule has 0 amide bonds. The topological polar surface area (TPSA) is 42.1 Å². The van der Waals surface area contributed by atoms with Gasteiger partial charge in [-0.2, -0.15) is 0 Å². The molecule has 2 N–H and O–H groups in total. The average molecular weight is 223 g/mol. The van der Waals surface area contributed by atoms with Gasteiger partial charge in [-0.05, 0) is 32.2 Å². The van der Waals surface area contributed by atoms with Crippen molar-refractivity contribution in [1.82, 2.24) is 9.88 Å². The molecule has 3 rings (SSSR count). The van der Waals surface area contributed by atoms with Gasteiger partial charge in [0, 0.05) is 23.2 Å². The largest absolute Gasteiger partial charge is 0.326 e. The van der Waals surface area contributed by atoms with Crippen LogP contribution in [0.15, 0.2) is 11.7 Å². The van der Waals surface area contributed by atoms with Crippen molar-refractivity contribution < 1.29 is 0 Å². The van der Waals surface area contributed by atoms with Crippen LogP contribution in [0.2, 0.25) is 0 Å². The molecule has 2 fully saturated rings. The summed E-state index contributed by atoms with van der Waals surface area (Å²) in [5, 5.41) is 0. The summed E-state index contributed by atoms with van der Waals surface area (Å²) in [7, 11) is 0. The van der Waals surface area contributed by atoms with Crippen molar-refractivity contribution in [1.29, 1.82) is 0 Å². The summed E-state index contributed by atoms with van der Waals surface area (Å²) in [5.41, 5.74) is 8.18. The lowest BCUT2D eigenvalue weighted by molar-refractivity contribution is 0.122. The van der Waals surface area contributed by atoms with Crippen molar-refractivity contribution in [3.8, 4) is 0 Å². The molecule has 15 heavy (non-hydrogen) atoms. The van der Waals surface area contributed by atoms with Crippen LogP contribution in [0.3, 0.4) is 0 Å². The van der Waals surface area contributed by atoms with Crippen LogP contribution in [-0.4, -0.2) is 28.5 Å². The molecule has 1 aromatic heterocycles. The van der Waals surface area contributed by atoms with E-state index in [0.717, 1.165) is 12.5 Å². The lowest BCUT2D eigenvalue weighted by atomic mass is 9.96. The maximum absolute atomic E-state index is 6.26. The van der Waals surface area contributed by atoms with Gasteiger partial charge in [-0.15, -0.1) is 11.3 Å². The highest BCUT2D eigenvalue weighted by Crippen LogP contribution is 2.40. The fourth-order valence-corrected chi connectivity index (χ4v) is 3.43. The van der Waals surface area contributed by atoms with Crippen molar-refractivity contribution in [3.63, 3.8) is 0 Å². The number of aromatic nitrogens is 1. The molecule has 82 valence electrons. The Balaban J connectivity index is 1.86. The van der Waals surface area contributed by atoms with Crippen LogP contribution >= 0.6 is 11.3 Å². The van der Waals surface area contributed by atoms with E-state index in [2.05, 4.69) is 9.88 Å². The lowest BCUT2D eigenvalue weighted by Crippen LogP contribution is -2.46. The van der Waals surface area contributed by atoms with Crippen LogP contribution in [0.1, 0.15) is 36.6 Å². The molecule has 2 unspecified atom stereocenters. The molecule has 2 heterocycles. The molecule has 2 atom stereocenters. The van der Waals surface area contributed by atoms with Crippen LogP contribution < -0.4 is 5.73 Å². The zero-order valence-corrected chi connectivity index (χ0v) is 9.62. The first-order valence-electron chi connectivity index (χ1n) is 5.76. The van der Waals surface area contributed by atoms with E-state index in [0.29, 0.717) is 12.1 Å². The number of likely N-dealkylation sites (tertiary alicyclic amines) is 1. The van der Waals surface area contributed by atoms with Crippen molar-refractivity contribution in [2.75, 3.05) is 6.54 Å². The van der Waals surface area contributed by atoms with Gasteiger partial charge in [0.25, 0.3) is 0 Å². The van der Waals surface area contributed by atoms with Crippen LogP contribution in [0.5, 0.6) is 0 Å². The fourth-order valence-electron chi connectivity index (χ4n) is 2.61. The minimum absolute atomic E-state index is 0.305. The normalized spacial score (nSPS) is 33.1. The quantitative estimate of drug-likeness (QED) is 0.831. The van der Waals surface area contributed by atoms with Crippen LogP contribution in [0, 0.1) is 0 Å². The van der Waals surface area contributed by atoms with E-state index >= 15 is 0 Å². The van der Waals surface area contributed by atoms with Gasteiger partial charge in [0.1, 0.15) is 0 Å². The molecule has 2 aliphatic rings. The summed E-state index contributed by atoms with van der Waals surface area (Å²) < 4.78 is 0. The SMILES string of the molecule is NC1CCCN(C2CC2)C1c1cncs1. The predicted molar refractivity (Wildman–Crippen MR) is 61.8 cm³/mol. The molecule has 0 aromatic carbocycles. The van der Waals surface area contributed by atoms with E-state index in [1.807, 2.05) is 11.7 Å². The second-order valence-electron chi connectivity index (χ2n) is 4.62. The third-order valence-electron chi connectivity index (χ3n) is 3.48. The molecule has 1 saturated carbocycles. The first kappa shape index (κ1) is 9.75. The number of piperidine rings is 1. The highest BCUT2D eigenvalue weighted by molar-refractivity contribution is 7.09. The first-order valence-corrected chi connectivity index (χ1v) is 6.64. The summed E-state index contributed by atoms with van der Waals surface area (Å²) in [4.78, 5) is 8.15. The summed E-state index contributed by atoms with van der Waals surface area (Å²) in [5.74, 6) is 0. The van der Waals surface area contributed by atoms with Gasteiger partial charge in [0.2, 0.25) is 0 Å². The Labute approximate surface area is 94.3 Å². The third-order valence-corrected chi connectivity index (χ3v) is 4.32. The van der Waals surface area contributed by atoms with Crippen molar-refractivity contribution >= 4 is 11.3 Å². The van der Waals surface area contributed by atoms with E-state index in [1.54, 1.807) is 11.3 Å². The fraction of sp³-hybridized carbons (Fsp3) is 0.727. The number of rotatable bonds is 2. The Hall–Kier alpha value is -0.450.